The van der Waals surface area contributed by atoms with Gasteiger partial charge in [-0.1, -0.05) is 5.16 Å². The van der Waals surface area contributed by atoms with Gasteiger partial charge in [0.25, 0.3) is 17.6 Å². The van der Waals surface area contributed by atoms with Crippen molar-refractivity contribution in [3.63, 3.8) is 0 Å². The molecule has 0 bridgehead atoms. The van der Waals surface area contributed by atoms with Crippen LogP contribution < -0.4 is 5.32 Å². The molecule has 20 heavy (non-hydrogen) atoms. The number of carbonyl (C=O) groups excluding carboxylic acids is 1. The Morgan fingerprint density at radius 1 is 1.50 bits per heavy atom. The van der Waals surface area contributed by atoms with E-state index in [1.54, 1.807) is 18.2 Å². The molecule has 1 fully saturated rings. The van der Waals surface area contributed by atoms with Crippen molar-refractivity contribution in [1.82, 2.24) is 15.5 Å². The van der Waals surface area contributed by atoms with E-state index < -0.39 is 0 Å². The van der Waals surface area contributed by atoms with Crippen LogP contribution in [-0.4, -0.2) is 22.1 Å². The normalized spacial score (nSPS) is 13.8. The maximum absolute atomic E-state index is 11.8. The molecule has 1 saturated carbocycles. The Kier molecular flexibility index (Phi) is 2.95. The van der Waals surface area contributed by atoms with Gasteiger partial charge in [0, 0.05) is 11.6 Å². The lowest BCUT2D eigenvalue weighted by molar-refractivity contribution is 0.0937. The van der Waals surface area contributed by atoms with Gasteiger partial charge in [0.1, 0.15) is 0 Å². The van der Waals surface area contributed by atoms with Gasteiger partial charge in [0.05, 0.1) is 11.6 Å². The van der Waals surface area contributed by atoms with Crippen molar-refractivity contribution in [2.24, 2.45) is 0 Å². The topological polar surface area (TPSA) is 91.8 Å². The zero-order chi connectivity index (χ0) is 14.1. The quantitative estimate of drug-likeness (QED) is 0.916. The summed E-state index contributed by atoms with van der Waals surface area (Å²) in [5.41, 5.74) is 2.14. The Balaban J connectivity index is 1.86. The molecule has 0 radical (unpaired) electrons. The number of nitriles is 1. The second kappa shape index (κ2) is 4.78. The second-order valence-corrected chi connectivity index (χ2v) is 4.81. The number of benzene rings is 1. The number of carbonyl (C=O) groups is 1. The molecular weight excluding hydrogens is 256 g/mol. The van der Waals surface area contributed by atoms with E-state index >= 15 is 0 Å². The number of rotatable bonds is 3. The van der Waals surface area contributed by atoms with Crippen molar-refractivity contribution in [3.05, 3.63) is 35.2 Å². The molecule has 6 heteroatoms. The van der Waals surface area contributed by atoms with Gasteiger partial charge < -0.3 is 9.84 Å². The lowest BCUT2D eigenvalue weighted by atomic mass is 10.1. The van der Waals surface area contributed by atoms with Gasteiger partial charge in [-0.15, -0.1) is 0 Å². The molecule has 1 aliphatic rings. The highest BCUT2D eigenvalue weighted by molar-refractivity contribution is 5.91. The lowest BCUT2D eigenvalue weighted by Crippen LogP contribution is -2.26. The number of nitrogens with zero attached hydrogens (tertiary/aromatic N) is 3. The molecule has 100 valence electrons. The molecular formula is C14H12N4O2. The molecule has 0 atom stereocenters. The molecule has 1 heterocycles. The first-order valence-electron chi connectivity index (χ1n) is 6.33. The SMILES string of the molecule is Cc1cc(C#N)ccc1-c1nc(C(=O)NC2CC2)no1. The summed E-state index contributed by atoms with van der Waals surface area (Å²) < 4.78 is 5.12. The van der Waals surface area contributed by atoms with Crippen LogP contribution in [0.15, 0.2) is 22.7 Å². The first-order valence-corrected chi connectivity index (χ1v) is 6.33. The van der Waals surface area contributed by atoms with Crippen molar-refractivity contribution < 1.29 is 9.32 Å². The summed E-state index contributed by atoms with van der Waals surface area (Å²) in [6.45, 7) is 1.85. The summed E-state index contributed by atoms with van der Waals surface area (Å²) in [4.78, 5) is 15.9. The van der Waals surface area contributed by atoms with E-state index in [9.17, 15) is 4.79 Å². The number of hydrogen-bond acceptors (Lipinski definition) is 5. The molecule has 1 amide bonds. The van der Waals surface area contributed by atoms with Crippen molar-refractivity contribution in [2.75, 3.05) is 0 Å². The van der Waals surface area contributed by atoms with Crippen LogP contribution in [-0.2, 0) is 0 Å². The van der Waals surface area contributed by atoms with E-state index in [0.29, 0.717) is 5.56 Å². The van der Waals surface area contributed by atoms with Crippen LogP contribution in [0.2, 0.25) is 0 Å². The standard InChI is InChI=1S/C14H12N4O2/c1-8-6-9(7-15)2-5-11(8)14-17-12(18-20-14)13(19)16-10-3-4-10/h2,5-6,10H,3-4H2,1H3,(H,16,19). The first-order chi connectivity index (χ1) is 9.67. The summed E-state index contributed by atoms with van der Waals surface area (Å²) in [7, 11) is 0. The minimum atomic E-state index is -0.311. The van der Waals surface area contributed by atoms with Gasteiger partial charge in [0.2, 0.25) is 0 Å². The maximum atomic E-state index is 11.8. The fourth-order valence-electron chi connectivity index (χ4n) is 1.88. The Bertz CT molecular complexity index is 710. The number of aromatic nitrogens is 2. The third kappa shape index (κ3) is 2.38. The van der Waals surface area contributed by atoms with Gasteiger partial charge in [-0.25, -0.2) is 0 Å². The van der Waals surface area contributed by atoms with Crippen LogP contribution in [0, 0.1) is 18.3 Å². The highest BCUT2D eigenvalue weighted by Gasteiger charge is 2.26. The monoisotopic (exact) mass is 268 g/mol. The first kappa shape index (κ1) is 12.4. The molecule has 1 N–H and O–H groups in total. The lowest BCUT2D eigenvalue weighted by Gasteiger charge is -2.00. The summed E-state index contributed by atoms with van der Waals surface area (Å²) in [6, 6.07) is 7.48. The Morgan fingerprint density at radius 2 is 2.30 bits per heavy atom. The van der Waals surface area contributed by atoms with Crippen LogP contribution in [0.5, 0.6) is 0 Å². The van der Waals surface area contributed by atoms with Crippen molar-refractivity contribution in [3.8, 4) is 17.5 Å². The van der Waals surface area contributed by atoms with Gasteiger partial charge >= 0.3 is 0 Å². The third-order valence-electron chi connectivity index (χ3n) is 3.13. The summed E-state index contributed by atoms with van der Waals surface area (Å²) in [5.74, 6) is 0.0115. The zero-order valence-corrected chi connectivity index (χ0v) is 10.9. The number of hydrogen-bond donors (Lipinski definition) is 1. The highest BCUT2D eigenvalue weighted by Crippen LogP contribution is 2.23. The molecule has 1 aromatic carbocycles. The zero-order valence-electron chi connectivity index (χ0n) is 10.9. The smallest absolute Gasteiger partial charge is 0.292 e. The van der Waals surface area contributed by atoms with E-state index in [0.717, 1.165) is 24.0 Å². The molecule has 1 aromatic heterocycles. The minimum absolute atomic E-state index is 0.0376. The summed E-state index contributed by atoms with van der Waals surface area (Å²) in [5, 5.41) is 15.3. The average molecular weight is 268 g/mol. The van der Waals surface area contributed by atoms with Crippen LogP contribution in [0.1, 0.15) is 34.6 Å². The van der Waals surface area contributed by atoms with E-state index in [-0.39, 0.29) is 23.7 Å². The number of nitrogens with one attached hydrogen (secondary N) is 1. The van der Waals surface area contributed by atoms with Gasteiger partial charge in [-0.2, -0.15) is 10.2 Å². The van der Waals surface area contributed by atoms with Crippen LogP contribution >= 0.6 is 0 Å². The fraction of sp³-hybridized carbons (Fsp3) is 0.286. The van der Waals surface area contributed by atoms with Crippen molar-refractivity contribution in [2.45, 2.75) is 25.8 Å². The largest absolute Gasteiger partial charge is 0.346 e. The Morgan fingerprint density at radius 3 is 2.95 bits per heavy atom. The van der Waals surface area contributed by atoms with Crippen LogP contribution in [0.25, 0.3) is 11.5 Å². The molecule has 0 unspecified atom stereocenters. The Hall–Kier alpha value is -2.68. The predicted octanol–water partition coefficient (Wildman–Crippen LogP) is 1.81. The molecule has 0 aliphatic heterocycles. The van der Waals surface area contributed by atoms with Crippen LogP contribution in [0.3, 0.4) is 0 Å². The minimum Gasteiger partial charge on any atom is -0.346 e. The second-order valence-electron chi connectivity index (χ2n) is 4.81. The molecule has 1 aliphatic carbocycles. The summed E-state index contributed by atoms with van der Waals surface area (Å²) in [6.07, 6.45) is 2.01. The predicted molar refractivity (Wildman–Crippen MR) is 69.7 cm³/mol. The number of amides is 1. The third-order valence-corrected chi connectivity index (χ3v) is 3.13. The number of aryl methyl sites for hydroxylation is 1. The van der Waals surface area contributed by atoms with Gasteiger partial charge in [-0.05, 0) is 43.5 Å². The molecule has 3 rings (SSSR count). The van der Waals surface area contributed by atoms with Crippen molar-refractivity contribution in [1.29, 1.82) is 5.26 Å². The van der Waals surface area contributed by atoms with E-state index in [1.165, 1.54) is 0 Å². The Labute approximate surface area is 115 Å². The molecule has 0 spiro atoms. The van der Waals surface area contributed by atoms with E-state index in [1.807, 2.05) is 6.92 Å². The summed E-state index contributed by atoms with van der Waals surface area (Å²) >= 11 is 0. The fourth-order valence-corrected chi connectivity index (χ4v) is 1.88. The van der Waals surface area contributed by atoms with Gasteiger partial charge in [-0.3, -0.25) is 4.79 Å². The van der Waals surface area contributed by atoms with Crippen LogP contribution in [0.4, 0.5) is 0 Å². The van der Waals surface area contributed by atoms with Crippen molar-refractivity contribution >= 4 is 5.91 Å². The molecule has 0 saturated heterocycles. The average Bonchev–Trinajstić information content (AvgIpc) is 3.12. The molecule has 2 aromatic rings. The van der Waals surface area contributed by atoms with Gasteiger partial charge in [0.15, 0.2) is 0 Å². The highest BCUT2D eigenvalue weighted by atomic mass is 16.5. The van der Waals surface area contributed by atoms with E-state index in [4.69, 9.17) is 9.78 Å². The maximum Gasteiger partial charge on any atom is 0.292 e. The molecule has 6 nitrogen and oxygen atoms in total. The van der Waals surface area contributed by atoms with E-state index in [2.05, 4.69) is 21.5 Å².